The molecule has 9 nitrogen and oxygen atoms in total. The molecule has 578 valence electrons. The largest absolute Gasteiger partial charge is 2.00 e. The van der Waals surface area contributed by atoms with Crippen LogP contribution < -0.4 is 48.3 Å². The molecule has 0 aliphatic heterocycles. The summed E-state index contributed by atoms with van der Waals surface area (Å²) in [6, 6.07) is 84.1. The molecule has 0 unspecified atom stereocenters. The van der Waals surface area contributed by atoms with Crippen molar-refractivity contribution >= 4 is 58.0 Å². The van der Waals surface area contributed by atoms with Gasteiger partial charge in [-0.05, 0) is 150 Å². The number of para-hydroxylation sites is 5. The summed E-state index contributed by atoms with van der Waals surface area (Å²) >= 11 is 0. The van der Waals surface area contributed by atoms with Crippen LogP contribution in [0.3, 0.4) is 0 Å². The number of nitrogens with zero attached hydrogens (tertiary/aromatic N) is 4. The number of benzene rings is 10. The normalized spacial score (nSPS) is 11.3. The molecule has 0 amide bonds. The minimum Gasteiger partial charge on any atom is -0.604 e. The predicted molar refractivity (Wildman–Crippen MR) is 471 cm³/mol. The van der Waals surface area contributed by atoms with E-state index >= 15 is 0 Å². The molecule has 0 aliphatic carbocycles. The summed E-state index contributed by atoms with van der Waals surface area (Å²) in [5, 5.41) is 15.5. The zero-order valence-electron chi connectivity index (χ0n) is 69.9. The van der Waals surface area contributed by atoms with Crippen molar-refractivity contribution < 1.29 is 16.5 Å². The quantitative estimate of drug-likeness (QED) is 0.0122. The van der Waals surface area contributed by atoms with Crippen LogP contribution in [0.1, 0.15) is 304 Å². The molecule has 11 heteroatoms. The third-order valence-electron chi connectivity index (χ3n) is 19.1. The van der Waals surface area contributed by atoms with Gasteiger partial charge in [0.15, 0.2) is 0 Å². The maximum Gasteiger partial charge on any atom is 2.00 e. The third kappa shape index (κ3) is 26.2. The Bertz CT molecular complexity index is 3900. The second-order valence-corrected chi connectivity index (χ2v) is 33.7. The Hall–Kier alpha value is -8.36. The summed E-state index contributed by atoms with van der Waals surface area (Å²) in [4.78, 5) is 0. The number of hydrogen-bond acceptors (Lipinski definition) is 7. The van der Waals surface area contributed by atoms with Crippen LogP contribution >= 0.6 is 7.92 Å². The van der Waals surface area contributed by atoms with Crippen molar-refractivity contribution in [3.63, 3.8) is 0 Å². The van der Waals surface area contributed by atoms with Crippen molar-refractivity contribution in [2.75, 3.05) is 28.3 Å². The molecular weight excluding hydrogens is 1380 g/mol. The van der Waals surface area contributed by atoms with E-state index in [0.29, 0.717) is 71.0 Å². The second-order valence-electron chi connectivity index (χ2n) is 31.5. The Kier molecular flexibility index (Phi) is 38.1. The zero-order valence-corrected chi connectivity index (χ0v) is 71.8. The van der Waals surface area contributed by atoms with E-state index < -0.39 is 7.92 Å². The van der Waals surface area contributed by atoms with Crippen LogP contribution in [-0.4, -0.2) is 7.05 Å². The van der Waals surface area contributed by atoms with Crippen molar-refractivity contribution in [1.82, 2.24) is 11.1 Å². The molecule has 0 radical (unpaired) electrons. The summed E-state index contributed by atoms with van der Waals surface area (Å²) in [5.74, 6) is 5.27. The van der Waals surface area contributed by atoms with Gasteiger partial charge in [-0.25, -0.2) is 0 Å². The summed E-state index contributed by atoms with van der Waals surface area (Å²) in [5.41, 5.74) is 44.1. The predicted octanol–water partition coefficient (Wildman–Crippen LogP) is 28.1. The molecule has 10 aromatic rings. The van der Waals surface area contributed by atoms with Gasteiger partial charge >= 0.3 is 16.5 Å². The number of rotatable bonds is 26. The maximum absolute atomic E-state index is 4.78. The Morgan fingerprint density at radius 2 is 0.574 bits per heavy atom. The Morgan fingerprint density at radius 3 is 0.861 bits per heavy atom. The fourth-order valence-electron chi connectivity index (χ4n) is 13.2. The molecule has 108 heavy (non-hydrogen) atoms. The van der Waals surface area contributed by atoms with Crippen LogP contribution in [0.15, 0.2) is 241 Å². The molecule has 0 atom stereocenters. The molecular formula is C97H130N9NiP. The maximum atomic E-state index is 4.78. The van der Waals surface area contributed by atoms with Crippen LogP contribution in [0.2, 0.25) is 0 Å². The second kappa shape index (κ2) is 45.6. The van der Waals surface area contributed by atoms with Crippen LogP contribution in [0, 0.1) is 6.07 Å². The van der Waals surface area contributed by atoms with E-state index in [4.69, 9.17) is 5.43 Å². The number of nitrogens with one attached hydrogen (secondary N) is 5. The molecule has 0 saturated heterocycles. The van der Waals surface area contributed by atoms with Crippen molar-refractivity contribution in [2.45, 2.75) is 237 Å². The minimum atomic E-state index is -0.446. The zero-order chi connectivity index (χ0) is 78.4. The summed E-state index contributed by atoms with van der Waals surface area (Å²) in [6.07, 6.45) is 0. The standard InChI is InChI=1S/C25H39N3.C24H36N3.C24H35N3.C18H15P.C6H5.Ni/c1-16(2)20-12-10-13-21(17(3)4)24(20)26-27-28(9)25-22(18(5)6)14-11-15-23(25)19(7)8;2*1-15(2)19-11-9-12-20(16(3)4)23(19)25-27-26-24-21(17(5)6)13-10-14-22(24)18(7)8;1-4-10-16(11-5-1)19(17-12-6-2-7-13-17)18-14-8-3-9-15-18;1-2-4-6-5-3-1;/h10-19,26-27H,1-9H3;9-18,25,27H,1-8H3;9-18H,1-8H3,(H,25,26);1-15H;1-5H;/q;-1;;;-1;+2. The summed E-state index contributed by atoms with van der Waals surface area (Å²) < 4.78 is 0. The molecule has 10 rings (SSSR count). The van der Waals surface area contributed by atoms with E-state index in [9.17, 15) is 0 Å². The topological polar surface area (TPSA) is 102 Å². The molecule has 5 N–H and O–H groups in total. The van der Waals surface area contributed by atoms with E-state index in [1.165, 1.54) is 94.0 Å². The van der Waals surface area contributed by atoms with Crippen LogP contribution in [-0.2, 0) is 16.5 Å². The van der Waals surface area contributed by atoms with E-state index in [2.05, 4.69) is 422 Å². The average molecular weight is 1510 g/mol. The third-order valence-corrected chi connectivity index (χ3v) is 21.6. The van der Waals surface area contributed by atoms with E-state index in [1.54, 1.807) is 0 Å². The van der Waals surface area contributed by atoms with Gasteiger partial charge in [0.25, 0.3) is 0 Å². The number of hydrogen-bond donors (Lipinski definition) is 5. The first-order chi connectivity index (χ1) is 51.1. The molecule has 0 fully saturated rings. The van der Waals surface area contributed by atoms with Gasteiger partial charge in [0.05, 0.1) is 28.4 Å². The SMILES string of the molecule is CC(C)c1cccc(C(C)C)c1N=NNc1c(C(C)C)cccc1C(C)C.CC(C)c1cccc(C(C)C)c1NNN(C)c1c(C(C)C)cccc1C(C)C.CC(C)c1cccc(C(C)C)c1[N-]NNc1c(C(C)C)cccc1C(C)C.[Ni+2].[c-]1ccccc1.c1ccc(P(c2ccccc2)c2ccccc2)cc1. The first-order valence-electron chi connectivity index (χ1n) is 39.3. The van der Waals surface area contributed by atoms with Gasteiger partial charge in [0.1, 0.15) is 0 Å². The van der Waals surface area contributed by atoms with Gasteiger partial charge in [-0.2, -0.15) is 36.4 Å². The van der Waals surface area contributed by atoms with Gasteiger partial charge in [-0.3, -0.25) is 10.4 Å². The summed E-state index contributed by atoms with van der Waals surface area (Å²) in [6.45, 7) is 53.5. The van der Waals surface area contributed by atoms with Crippen molar-refractivity contribution in [3.8, 4) is 0 Å². The fourth-order valence-corrected chi connectivity index (χ4v) is 15.5. The molecule has 0 aliphatic rings. The Balaban J connectivity index is 0.000000252. The van der Waals surface area contributed by atoms with E-state index in [1.807, 2.05) is 30.3 Å². The van der Waals surface area contributed by atoms with Crippen molar-refractivity contribution in [2.24, 2.45) is 10.3 Å². The van der Waals surface area contributed by atoms with Crippen LogP contribution in [0.25, 0.3) is 5.43 Å². The van der Waals surface area contributed by atoms with Crippen LogP contribution in [0.5, 0.6) is 0 Å². The van der Waals surface area contributed by atoms with Gasteiger partial charge in [0.2, 0.25) is 0 Å². The van der Waals surface area contributed by atoms with Gasteiger partial charge in [-0.1, -0.05) is 383 Å². The fraction of sp³-hybridized carbons (Fsp3) is 0.381. The first-order valence-corrected chi connectivity index (χ1v) is 40.7. The monoisotopic (exact) mass is 1510 g/mol. The number of anilines is 4. The van der Waals surface area contributed by atoms with E-state index in [-0.39, 0.29) is 16.5 Å². The Labute approximate surface area is 665 Å². The van der Waals surface area contributed by atoms with Crippen molar-refractivity contribution in [1.29, 1.82) is 0 Å². The smallest absolute Gasteiger partial charge is 0.604 e. The first kappa shape index (κ1) is 90.3. The molecule has 0 bridgehead atoms. The van der Waals surface area contributed by atoms with Crippen molar-refractivity contribution in [3.05, 3.63) is 309 Å². The van der Waals surface area contributed by atoms with Gasteiger partial charge < -0.3 is 21.8 Å². The van der Waals surface area contributed by atoms with Crippen LogP contribution in [0.4, 0.5) is 34.1 Å². The Morgan fingerprint density at radius 1 is 0.306 bits per heavy atom. The number of hydrazine groups is 3. The van der Waals surface area contributed by atoms with E-state index in [0.717, 1.165) is 22.7 Å². The molecule has 0 aromatic heterocycles. The molecule has 10 aromatic carbocycles. The van der Waals surface area contributed by atoms with Gasteiger partial charge in [-0.15, -0.1) is 16.3 Å². The minimum absolute atomic E-state index is 0. The summed E-state index contributed by atoms with van der Waals surface area (Å²) in [7, 11) is 1.66. The molecule has 0 spiro atoms. The molecule has 0 heterocycles. The van der Waals surface area contributed by atoms with Gasteiger partial charge in [0, 0.05) is 7.05 Å². The average Bonchev–Trinajstić information content (AvgIpc) is 0.812. The molecule has 0 saturated carbocycles.